The van der Waals surface area contributed by atoms with E-state index in [4.69, 9.17) is 9.15 Å². The van der Waals surface area contributed by atoms with Crippen LogP contribution in [-0.4, -0.2) is 52.9 Å². The van der Waals surface area contributed by atoms with E-state index in [2.05, 4.69) is 15.3 Å². The SMILES string of the molecule is Cn1nccc1C(=O)NC[C@@H]1CO[C@H]2CN(Cc3ccoc3)C[C@@H]12. The second-order valence-electron chi connectivity index (χ2n) is 6.67. The van der Waals surface area contributed by atoms with Crippen LogP contribution in [0.15, 0.2) is 35.3 Å². The summed E-state index contributed by atoms with van der Waals surface area (Å²) in [5, 5.41) is 7.06. The summed E-state index contributed by atoms with van der Waals surface area (Å²) < 4.78 is 12.7. The van der Waals surface area contributed by atoms with Gasteiger partial charge in [-0.25, -0.2) is 0 Å². The highest BCUT2D eigenvalue weighted by molar-refractivity contribution is 5.92. The van der Waals surface area contributed by atoms with Crippen LogP contribution in [0.4, 0.5) is 0 Å². The minimum Gasteiger partial charge on any atom is -0.472 e. The monoisotopic (exact) mass is 330 g/mol. The van der Waals surface area contributed by atoms with Crippen molar-refractivity contribution in [3.63, 3.8) is 0 Å². The molecule has 0 spiro atoms. The molecule has 4 rings (SSSR count). The van der Waals surface area contributed by atoms with Gasteiger partial charge in [0.25, 0.3) is 5.91 Å². The van der Waals surface area contributed by atoms with Crippen molar-refractivity contribution in [3.8, 4) is 0 Å². The maximum absolute atomic E-state index is 12.2. The lowest BCUT2D eigenvalue weighted by molar-refractivity contribution is 0.0898. The number of hydrogen-bond acceptors (Lipinski definition) is 5. The number of carbonyl (C=O) groups excluding carboxylic acids is 1. The van der Waals surface area contributed by atoms with Crippen LogP contribution in [0.2, 0.25) is 0 Å². The number of hydrogen-bond donors (Lipinski definition) is 1. The normalized spacial score (nSPS) is 26.6. The van der Waals surface area contributed by atoms with Gasteiger partial charge in [0.2, 0.25) is 0 Å². The lowest BCUT2D eigenvalue weighted by atomic mass is 9.93. The Morgan fingerprint density at radius 3 is 3.08 bits per heavy atom. The molecule has 2 aliphatic rings. The molecule has 0 radical (unpaired) electrons. The summed E-state index contributed by atoms with van der Waals surface area (Å²) in [6, 6.07) is 3.73. The molecule has 2 saturated heterocycles. The van der Waals surface area contributed by atoms with Crippen LogP contribution >= 0.6 is 0 Å². The molecule has 3 atom stereocenters. The van der Waals surface area contributed by atoms with Crippen molar-refractivity contribution in [3.05, 3.63) is 42.1 Å². The standard InChI is InChI=1S/C17H22N4O3/c1-20-15(2-4-19-20)17(22)18-6-13-11-24-16-9-21(8-14(13)16)7-12-3-5-23-10-12/h2-5,10,13-14,16H,6-9,11H2,1H3,(H,18,22)/t13-,14+,16+/m1/s1. The molecule has 128 valence electrons. The smallest absolute Gasteiger partial charge is 0.269 e. The molecular weight excluding hydrogens is 308 g/mol. The highest BCUT2D eigenvalue weighted by Crippen LogP contribution is 2.34. The number of nitrogens with zero attached hydrogens (tertiary/aromatic N) is 3. The maximum Gasteiger partial charge on any atom is 0.269 e. The van der Waals surface area contributed by atoms with Gasteiger partial charge in [0, 0.05) is 56.8 Å². The minimum absolute atomic E-state index is 0.0771. The number of likely N-dealkylation sites (tertiary alicyclic amines) is 1. The zero-order chi connectivity index (χ0) is 16.5. The lowest BCUT2D eigenvalue weighted by Gasteiger charge is -2.19. The average molecular weight is 330 g/mol. The Morgan fingerprint density at radius 1 is 1.42 bits per heavy atom. The number of rotatable bonds is 5. The Morgan fingerprint density at radius 2 is 2.33 bits per heavy atom. The van der Waals surface area contributed by atoms with Crippen molar-refractivity contribution < 1.29 is 13.9 Å². The van der Waals surface area contributed by atoms with Crippen LogP contribution in [-0.2, 0) is 18.3 Å². The van der Waals surface area contributed by atoms with Gasteiger partial charge in [-0.3, -0.25) is 14.4 Å². The third-order valence-electron chi connectivity index (χ3n) is 5.08. The predicted octanol–water partition coefficient (Wildman–Crippen LogP) is 0.890. The number of furan rings is 1. The van der Waals surface area contributed by atoms with Crippen molar-refractivity contribution in [1.82, 2.24) is 20.0 Å². The number of fused-ring (bicyclic) bond motifs is 1. The first kappa shape index (κ1) is 15.4. The average Bonchev–Trinajstić information content (AvgIpc) is 3.31. The number of carbonyl (C=O) groups is 1. The molecule has 2 aromatic heterocycles. The van der Waals surface area contributed by atoms with E-state index in [-0.39, 0.29) is 12.0 Å². The maximum atomic E-state index is 12.2. The Bertz CT molecular complexity index is 697. The van der Waals surface area contributed by atoms with Crippen LogP contribution in [0.5, 0.6) is 0 Å². The fourth-order valence-corrected chi connectivity index (χ4v) is 3.77. The molecule has 1 amide bonds. The second-order valence-corrected chi connectivity index (χ2v) is 6.67. The fourth-order valence-electron chi connectivity index (χ4n) is 3.77. The van der Waals surface area contributed by atoms with Crippen molar-refractivity contribution >= 4 is 5.91 Å². The summed E-state index contributed by atoms with van der Waals surface area (Å²) in [6.07, 6.45) is 5.41. The highest BCUT2D eigenvalue weighted by atomic mass is 16.5. The van der Waals surface area contributed by atoms with Crippen molar-refractivity contribution in [2.24, 2.45) is 18.9 Å². The third-order valence-corrected chi connectivity index (χ3v) is 5.08. The van der Waals surface area contributed by atoms with E-state index in [0.29, 0.717) is 24.1 Å². The Hall–Kier alpha value is -2.12. The van der Waals surface area contributed by atoms with Crippen LogP contribution in [0.25, 0.3) is 0 Å². The number of ether oxygens (including phenoxy) is 1. The Labute approximate surface area is 140 Å². The number of aromatic nitrogens is 2. The van der Waals surface area contributed by atoms with E-state index in [1.807, 2.05) is 6.07 Å². The lowest BCUT2D eigenvalue weighted by Crippen LogP contribution is -2.35. The van der Waals surface area contributed by atoms with E-state index in [1.54, 1.807) is 36.5 Å². The van der Waals surface area contributed by atoms with E-state index in [1.165, 1.54) is 5.56 Å². The quantitative estimate of drug-likeness (QED) is 0.881. The number of aryl methyl sites for hydroxylation is 1. The summed E-state index contributed by atoms with van der Waals surface area (Å²) in [7, 11) is 1.77. The first-order chi connectivity index (χ1) is 11.7. The van der Waals surface area contributed by atoms with Gasteiger partial charge in [0.1, 0.15) is 5.69 Å². The van der Waals surface area contributed by atoms with Gasteiger partial charge in [-0.15, -0.1) is 0 Å². The van der Waals surface area contributed by atoms with E-state index in [9.17, 15) is 4.79 Å². The zero-order valence-electron chi connectivity index (χ0n) is 13.7. The van der Waals surface area contributed by atoms with Crippen molar-refractivity contribution in [1.29, 1.82) is 0 Å². The highest BCUT2D eigenvalue weighted by Gasteiger charge is 2.43. The van der Waals surface area contributed by atoms with Crippen molar-refractivity contribution in [2.75, 3.05) is 26.2 Å². The Kier molecular flexibility index (Phi) is 4.12. The van der Waals surface area contributed by atoms with Gasteiger partial charge in [-0.2, -0.15) is 5.10 Å². The molecule has 2 aliphatic heterocycles. The second kappa shape index (κ2) is 6.41. The molecular formula is C17H22N4O3. The van der Waals surface area contributed by atoms with E-state index >= 15 is 0 Å². The first-order valence-electron chi connectivity index (χ1n) is 8.32. The van der Waals surface area contributed by atoms with Gasteiger partial charge >= 0.3 is 0 Å². The fraction of sp³-hybridized carbons (Fsp3) is 0.529. The molecule has 7 heteroatoms. The summed E-state index contributed by atoms with van der Waals surface area (Å²) >= 11 is 0. The summed E-state index contributed by atoms with van der Waals surface area (Å²) in [6.45, 7) is 4.20. The molecule has 24 heavy (non-hydrogen) atoms. The van der Waals surface area contributed by atoms with Crippen LogP contribution in [0.1, 0.15) is 16.1 Å². The number of amides is 1. The molecule has 0 aromatic carbocycles. The molecule has 1 N–H and O–H groups in total. The van der Waals surface area contributed by atoms with Gasteiger partial charge in [0.15, 0.2) is 0 Å². The van der Waals surface area contributed by atoms with Gasteiger partial charge in [-0.1, -0.05) is 0 Å². The minimum atomic E-state index is -0.0771. The molecule has 0 saturated carbocycles. The number of nitrogens with one attached hydrogen (secondary N) is 1. The molecule has 0 bridgehead atoms. The molecule has 0 unspecified atom stereocenters. The predicted molar refractivity (Wildman–Crippen MR) is 86.2 cm³/mol. The third kappa shape index (κ3) is 2.97. The molecule has 4 heterocycles. The summed E-state index contributed by atoms with van der Waals surface area (Å²) in [5.41, 5.74) is 1.77. The van der Waals surface area contributed by atoms with E-state index in [0.717, 1.165) is 26.2 Å². The van der Waals surface area contributed by atoms with Crippen LogP contribution < -0.4 is 5.32 Å². The van der Waals surface area contributed by atoms with Gasteiger partial charge in [0.05, 0.1) is 25.2 Å². The largest absolute Gasteiger partial charge is 0.472 e. The summed E-state index contributed by atoms with van der Waals surface area (Å²) in [5.74, 6) is 0.761. The molecule has 2 aromatic rings. The van der Waals surface area contributed by atoms with Gasteiger partial charge in [-0.05, 0) is 12.1 Å². The molecule has 2 fully saturated rings. The Balaban J connectivity index is 1.31. The zero-order valence-corrected chi connectivity index (χ0v) is 13.7. The van der Waals surface area contributed by atoms with E-state index < -0.39 is 0 Å². The van der Waals surface area contributed by atoms with Gasteiger partial charge < -0.3 is 14.5 Å². The van der Waals surface area contributed by atoms with Crippen LogP contribution in [0.3, 0.4) is 0 Å². The van der Waals surface area contributed by atoms with Crippen LogP contribution in [0, 0.1) is 11.8 Å². The first-order valence-corrected chi connectivity index (χ1v) is 8.32. The van der Waals surface area contributed by atoms with Crippen molar-refractivity contribution in [2.45, 2.75) is 12.6 Å². The molecule has 7 nitrogen and oxygen atoms in total. The molecule has 0 aliphatic carbocycles. The topological polar surface area (TPSA) is 72.5 Å². The summed E-state index contributed by atoms with van der Waals surface area (Å²) in [4.78, 5) is 14.6.